The number of benzene rings is 2. The summed E-state index contributed by atoms with van der Waals surface area (Å²) < 4.78 is 11.1. The maximum absolute atomic E-state index is 12.9. The van der Waals surface area contributed by atoms with Crippen LogP contribution in [0, 0.1) is 5.92 Å². The first kappa shape index (κ1) is 25.7. The molecule has 0 spiro atoms. The molecule has 34 heavy (non-hydrogen) atoms. The van der Waals surface area contributed by atoms with Crippen molar-refractivity contribution in [2.45, 2.75) is 34.1 Å². The fourth-order valence-electron chi connectivity index (χ4n) is 3.92. The Morgan fingerprint density at radius 3 is 2.12 bits per heavy atom. The Kier molecular flexibility index (Phi) is 9.05. The van der Waals surface area contributed by atoms with Crippen LogP contribution < -0.4 is 19.7 Å². The fraction of sp³-hybridized carbons (Fsp3) is 0.462. The molecule has 1 saturated heterocycles. The van der Waals surface area contributed by atoms with Gasteiger partial charge in [-0.05, 0) is 50.1 Å². The minimum absolute atomic E-state index is 0.208. The first-order chi connectivity index (χ1) is 16.3. The Morgan fingerprint density at radius 1 is 0.971 bits per heavy atom. The summed E-state index contributed by atoms with van der Waals surface area (Å²) in [7, 11) is 0. The van der Waals surface area contributed by atoms with E-state index in [0.717, 1.165) is 18.8 Å². The highest BCUT2D eigenvalue weighted by Gasteiger charge is 2.23. The van der Waals surface area contributed by atoms with Crippen molar-refractivity contribution in [2.75, 3.05) is 49.6 Å². The summed E-state index contributed by atoms with van der Waals surface area (Å²) in [5, 5.41) is 3.46. The zero-order valence-electron chi connectivity index (χ0n) is 20.4. The number of anilines is 2. The summed E-state index contributed by atoms with van der Waals surface area (Å²) in [4.78, 5) is 29.3. The molecule has 0 radical (unpaired) electrons. The number of piperazine rings is 1. The molecular formula is C26H34ClN3O4. The Morgan fingerprint density at radius 2 is 1.59 bits per heavy atom. The van der Waals surface area contributed by atoms with E-state index in [2.05, 4.69) is 24.1 Å². The van der Waals surface area contributed by atoms with Gasteiger partial charge in [0.25, 0.3) is 5.91 Å². The molecule has 8 heteroatoms. The molecule has 184 valence electrons. The van der Waals surface area contributed by atoms with Crippen LogP contribution in [0.4, 0.5) is 11.4 Å². The van der Waals surface area contributed by atoms with E-state index >= 15 is 0 Å². The number of ether oxygens (including phenoxy) is 2. The summed E-state index contributed by atoms with van der Waals surface area (Å²) in [6.07, 6.45) is 0.578. The number of nitrogens with zero attached hydrogens (tertiary/aromatic N) is 2. The van der Waals surface area contributed by atoms with Gasteiger partial charge >= 0.3 is 0 Å². The van der Waals surface area contributed by atoms with Crippen molar-refractivity contribution >= 4 is 34.8 Å². The largest absolute Gasteiger partial charge is 0.494 e. The zero-order valence-corrected chi connectivity index (χ0v) is 21.2. The molecule has 0 aliphatic carbocycles. The summed E-state index contributed by atoms with van der Waals surface area (Å²) in [6, 6.07) is 10.7. The van der Waals surface area contributed by atoms with Gasteiger partial charge < -0.3 is 24.6 Å². The van der Waals surface area contributed by atoms with Crippen LogP contribution in [-0.2, 0) is 4.79 Å². The standard InChI is InChI=1S/C26H34ClN3O4/c1-5-33-21-14-19(15-22(17-21)34-6-2)26(32)28-20-7-8-24(23(27)16-20)29-9-11-30(12-10-29)25(31)13-18(3)4/h7-8,14-18H,5-6,9-13H2,1-4H3,(H,28,32). The normalized spacial score (nSPS) is 13.7. The Hall–Kier alpha value is -2.93. The van der Waals surface area contributed by atoms with Crippen molar-refractivity contribution < 1.29 is 19.1 Å². The third kappa shape index (κ3) is 6.79. The number of hydrogen-bond donors (Lipinski definition) is 1. The van der Waals surface area contributed by atoms with E-state index in [-0.39, 0.29) is 11.8 Å². The summed E-state index contributed by atoms with van der Waals surface area (Å²) >= 11 is 6.58. The number of nitrogens with one attached hydrogen (secondary N) is 1. The molecular weight excluding hydrogens is 454 g/mol. The van der Waals surface area contributed by atoms with Gasteiger partial charge in [0.1, 0.15) is 11.5 Å². The molecule has 3 rings (SSSR count). The minimum Gasteiger partial charge on any atom is -0.494 e. The lowest BCUT2D eigenvalue weighted by atomic mass is 10.1. The molecule has 1 aliphatic rings. The van der Waals surface area contributed by atoms with Crippen LogP contribution in [-0.4, -0.2) is 56.1 Å². The van der Waals surface area contributed by atoms with E-state index < -0.39 is 0 Å². The Bertz CT molecular complexity index is 979. The number of amides is 2. The highest BCUT2D eigenvalue weighted by molar-refractivity contribution is 6.33. The predicted molar refractivity (Wildman–Crippen MR) is 136 cm³/mol. The molecule has 0 unspecified atom stereocenters. The second-order valence-corrected chi connectivity index (χ2v) is 9.05. The monoisotopic (exact) mass is 487 g/mol. The van der Waals surface area contributed by atoms with Crippen LogP contribution in [0.3, 0.4) is 0 Å². The van der Waals surface area contributed by atoms with Gasteiger partial charge in [0.05, 0.1) is 23.9 Å². The minimum atomic E-state index is -0.274. The quantitative estimate of drug-likeness (QED) is 0.533. The second-order valence-electron chi connectivity index (χ2n) is 8.65. The average Bonchev–Trinajstić information content (AvgIpc) is 2.79. The molecule has 1 heterocycles. The van der Waals surface area contributed by atoms with Crippen LogP contribution in [0.15, 0.2) is 36.4 Å². The van der Waals surface area contributed by atoms with E-state index in [1.165, 1.54) is 0 Å². The van der Waals surface area contributed by atoms with Crippen LogP contribution in [0.2, 0.25) is 5.02 Å². The lowest BCUT2D eigenvalue weighted by Gasteiger charge is -2.36. The van der Waals surface area contributed by atoms with Crippen LogP contribution in [0.5, 0.6) is 11.5 Å². The van der Waals surface area contributed by atoms with Gasteiger partial charge in [0.2, 0.25) is 5.91 Å². The molecule has 2 aromatic carbocycles. The van der Waals surface area contributed by atoms with E-state index in [9.17, 15) is 9.59 Å². The number of halogens is 1. The van der Waals surface area contributed by atoms with Crippen molar-refractivity contribution in [3.8, 4) is 11.5 Å². The van der Waals surface area contributed by atoms with Crippen LogP contribution in [0.25, 0.3) is 0 Å². The van der Waals surface area contributed by atoms with Gasteiger partial charge in [-0.1, -0.05) is 25.4 Å². The summed E-state index contributed by atoms with van der Waals surface area (Å²) in [5.41, 5.74) is 1.94. The zero-order chi connectivity index (χ0) is 24.7. The van der Waals surface area contributed by atoms with Crippen molar-refractivity contribution in [1.29, 1.82) is 0 Å². The highest BCUT2D eigenvalue weighted by atomic mass is 35.5. The number of carbonyl (C=O) groups is 2. The first-order valence-corrected chi connectivity index (χ1v) is 12.2. The third-order valence-electron chi connectivity index (χ3n) is 5.53. The molecule has 1 fully saturated rings. The SMILES string of the molecule is CCOc1cc(OCC)cc(C(=O)Nc2ccc(N3CCN(C(=O)CC(C)C)CC3)c(Cl)c2)c1. The molecule has 0 bridgehead atoms. The summed E-state index contributed by atoms with van der Waals surface area (Å²) in [6.45, 7) is 11.7. The Balaban J connectivity index is 1.66. The molecule has 0 saturated carbocycles. The van der Waals surface area contributed by atoms with Gasteiger partial charge in [0, 0.05) is 49.9 Å². The molecule has 0 atom stereocenters. The van der Waals surface area contributed by atoms with Gasteiger partial charge in [0.15, 0.2) is 0 Å². The van der Waals surface area contributed by atoms with E-state index in [0.29, 0.717) is 66.4 Å². The van der Waals surface area contributed by atoms with E-state index in [1.54, 1.807) is 24.3 Å². The first-order valence-electron chi connectivity index (χ1n) is 11.8. The van der Waals surface area contributed by atoms with Gasteiger partial charge in [-0.3, -0.25) is 9.59 Å². The van der Waals surface area contributed by atoms with Crippen molar-refractivity contribution in [3.05, 3.63) is 47.0 Å². The maximum atomic E-state index is 12.9. The van der Waals surface area contributed by atoms with E-state index in [1.807, 2.05) is 30.9 Å². The van der Waals surface area contributed by atoms with Crippen molar-refractivity contribution in [1.82, 2.24) is 4.90 Å². The number of carbonyl (C=O) groups excluding carboxylic acids is 2. The third-order valence-corrected chi connectivity index (χ3v) is 5.83. The van der Waals surface area contributed by atoms with Gasteiger partial charge in [-0.15, -0.1) is 0 Å². The lowest BCUT2D eigenvalue weighted by molar-refractivity contribution is -0.132. The van der Waals surface area contributed by atoms with E-state index in [4.69, 9.17) is 21.1 Å². The number of rotatable bonds is 9. The Labute approximate surface area is 207 Å². The number of hydrogen-bond acceptors (Lipinski definition) is 5. The molecule has 1 aliphatic heterocycles. The molecule has 7 nitrogen and oxygen atoms in total. The lowest BCUT2D eigenvalue weighted by Crippen LogP contribution is -2.49. The summed E-state index contributed by atoms with van der Waals surface area (Å²) in [5.74, 6) is 1.45. The molecule has 2 aromatic rings. The topological polar surface area (TPSA) is 71.1 Å². The van der Waals surface area contributed by atoms with Gasteiger partial charge in [-0.2, -0.15) is 0 Å². The highest BCUT2D eigenvalue weighted by Crippen LogP contribution is 2.30. The molecule has 0 aromatic heterocycles. The second kappa shape index (κ2) is 12.0. The van der Waals surface area contributed by atoms with Crippen molar-refractivity contribution in [2.24, 2.45) is 5.92 Å². The average molecular weight is 488 g/mol. The van der Waals surface area contributed by atoms with Crippen molar-refractivity contribution in [3.63, 3.8) is 0 Å². The molecule has 2 amide bonds. The fourth-order valence-corrected chi connectivity index (χ4v) is 4.22. The van der Waals surface area contributed by atoms with Gasteiger partial charge in [-0.25, -0.2) is 0 Å². The maximum Gasteiger partial charge on any atom is 0.255 e. The van der Waals surface area contributed by atoms with Crippen LogP contribution >= 0.6 is 11.6 Å². The smallest absolute Gasteiger partial charge is 0.255 e. The molecule has 1 N–H and O–H groups in total. The van der Waals surface area contributed by atoms with Crippen LogP contribution in [0.1, 0.15) is 44.5 Å². The predicted octanol–water partition coefficient (Wildman–Crippen LogP) is 5.08.